The second-order valence-electron chi connectivity index (χ2n) is 7.30. The molecule has 1 fully saturated rings. The maximum Gasteiger partial charge on any atom is 0.256 e. The van der Waals surface area contributed by atoms with Crippen molar-refractivity contribution in [1.29, 1.82) is 0 Å². The van der Waals surface area contributed by atoms with Gasteiger partial charge < -0.3 is 9.88 Å². The molecule has 1 aromatic heterocycles. The first-order valence-electron chi connectivity index (χ1n) is 9.28. The van der Waals surface area contributed by atoms with E-state index < -0.39 is 0 Å². The predicted molar refractivity (Wildman–Crippen MR) is 99.9 cm³/mol. The first-order chi connectivity index (χ1) is 12.3. The number of nitrogens with zero attached hydrogens (tertiary/aromatic N) is 1. The van der Waals surface area contributed by atoms with Gasteiger partial charge in [-0.2, -0.15) is 0 Å². The Morgan fingerprint density at radius 2 is 1.88 bits per heavy atom. The molecule has 0 saturated carbocycles. The fraction of sp³-hybridized carbons (Fsp3) is 0.318. The number of rotatable bonds is 1. The molecule has 0 unspecified atom stereocenters. The van der Waals surface area contributed by atoms with Gasteiger partial charge in [0.2, 0.25) is 0 Å². The summed E-state index contributed by atoms with van der Waals surface area (Å²) < 4.78 is 0. The van der Waals surface area contributed by atoms with Crippen LogP contribution in [0.2, 0.25) is 0 Å². The molecule has 1 N–H and O–H groups in total. The Balaban J connectivity index is 1.51. The first kappa shape index (κ1) is 14.8. The Labute approximate surface area is 147 Å². The molecule has 5 rings (SSSR count). The molecule has 126 valence electrons. The normalized spacial score (nSPS) is 22.5. The highest BCUT2D eigenvalue weighted by molar-refractivity contribution is 6.06. The topological polar surface area (TPSA) is 36.1 Å². The number of hydrogen-bond donors (Lipinski definition) is 1. The van der Waals surface area contributed by atoms with Crippen LogP contribution in [0.25, 0.3) is 10.9 Å². The largest absolute Gasteiger partial charge is 0.360 e. The summed E-state index contributed by atoms with van der Waals surface area (Å²) in [5.41, 5.74) is 4.80. The van der Waals surface area contributed by atoms with Gasteiger partial charge in [-0.1, -0.05) is 42.5 Å². The zero-order chi connectivity index (χ0) is 16.8. The van der Waals surface area contributed by atoms with Crippen LogP contribution >= 0.6 is 0 Å². The van der Waals surface area contributed by atoms with Gasteiger partial charge in [0, 0.05) is 35.6 Å². The second kappa shape index (κ2) is 5.76. The van der Waals surface area contributed by atoms with Crippen molar-refractivity contribution in [3.8, 4) is 0 Å². The lowest BCUT2D eigenvalue weighted by molar-refractivity contribution is 0.0549. The minimum atomic E-state index is 0.187. The van der Waals surface area contributed by atoms with Gasteiger partial charge in [0.1, 0.15) is 0 Å². The highest BCUT2D eigenvalue weighted by Crippen LogP contribution is 2.41. The molecule has 2 atom stereocenters. The number of carbonyl (C=O) groups is 1. The summed E-state index contributed by atoms with van der Waals surface area (Å²) in [6, 6.07) is 17.2. The summed E-state index contributed by atoms with van der Waals surface area (Å²) in [6.07, 6.45) is 6.32. The van der Waals surface area contributed by atoms with E-state index in [-0.39, 0.29) is 5.91 Å². The zero-order valence-corrected chi connectivity index (χ0v) is 14.2. The monoisotopic (exact) mass is 330 g/mol. The van der Waals surface area contributed by atoms with Crippen LogP contribution < -0.4 is 0 Å². The quantitative estimate of drug-likeness (QED) is 0.700. The van der Waals surface area contributed by atoms with Crippen molar-refractivity contribution in [3.63, 3.8) is 0 Å². The highest BCUT2D eigenvalue weighted by Gasteiger charge is 2.38. The number of nitrogens with one attached hydrogen (secondary N) is 1. The van der Waals surface area contributed by atoms with Crippen LogP contribution in [0.15, 0.2) is 54.7 Å². The Morgan fingerprint density at radius 3 is 2.84 bits per heavy atom. The Morgan fingerprint density at radius 1 is 1.04 bits per heavy atom. The molecular weight excluding hydrogens is 308 g/mol. The summed E-state index contributed by atoms with van der Waals surface area (Å²) in [7, 11) is 0. The molecule has 3 nitrogen and oxygen atoms in total. The molecule has 3 heteroatoms. The predicted octanol–water partition coefficient (Wildman–Crippen LogP) is 4.50. The number of piperidine rings is 1. The van der Waals surface area contributed by atoms with Gasteiger partial charge >= 0.3 is 0 Å². The number of H-pyrrole nitrogens is 1. The van der Waals surface area contributed by atoms with Gasteiger partial charge in [-0.05, 0) is 42.9 Å². The number of carbonyl (C=O) groups excluding carboxylic acids is 1. The fourth-order valence-electron chi connectivity index (χ4n) is 4.86. The van der Waals surface area contributed by atoms with Crippen LogP contribution in [-0.4, -0.2) is 28.4 Å². The van der Waals surface area contributed by atoms with Crippen molar-refractivity contribution < 1.29 is 4.79 Å². The summed E-state index contributed by atoms with van der Waals surface area (Å²) in [4.78, 5) is 18.7. The van der Waals surface area contributed by atoms with Gasteiger partial charge in [-0.25, -0.2) is 0 Å². The average molecular weight is 330 g/mol. The van der Waals surface area contributed by atoms with Crippen molar-refractivity contribution in [2.24, 2.45) is 0 Å². The average Bonchev–Trinajstić information content (AvgIpc) is 3.11. The Hall–Kier alpha value is -2.55. The molecule has 1 saturated heterocycles. The minimum absolute atomic E-state index is 0.187. The zero-order valence-electron chi connectivity index (χ0n) is 14.2. The minimum Gasteiger partial charge on any atom is -0.360 e. The van der Waals surface area contributed by atoms with E-state index in [0.717, 1.165) is 42.3 Å². The second-order valence-corrected chi connectivity index (χ2v) is 7.30. The van der Waals surface area contributed by atoms with E-state index in [4.69, 9.17) is 0 Å². The third-order valence-electron chi connectivity index (χ3n) is 6.02. The van der Waals surface area contributed by atoms with Gasteiger partial charge in [0.05, 0.1) is 5.56 Å². The number of aryl methyl sites for hydroxylation is 1. The molecule has 3 aromatic rings. The van der Waals surface area contributed by atoms with Crippen LogP contribution in [0.3, 0.4) is 0 Å². The number of benzene rings is 2. The number of fused-ring (bicyclic) bond motifs is 4. The molecule has 2 heterocycles. The number of aromatic amines is 1. The highest BCUT2D eigenvalue weighted by atomic mass is 16.2. The standard InChI is InChI=1S/C22H22N2O/c25-22(19-14-23-20-10-4-3-8-17(19)20)24-13-5-9-18-16-7-2-1-6-15(16)11-12-21(18)24/h1-4,6-8,10,14,18,21,23H,5,9,11-13H2/t18-,21+/m1/s1. The van der Waals surface area contributed by atoms with E-state index in [0.29, 0.717) is 12.0 Å². The number of hydrogen-bond acceptors (Lipinski definition) is 1. The van der Waals surface area contributed by atoms with Gasteiger partial charge in [-0.15, -0.1) is 0 Å². The fourth-order valence-corrected chi connectivity index (χ4v) is 4.86. The molecular formula is C22H22N2O. The van der Waals surface area contributed by atoms with Crippen LogP contribution in [0.5, 0.6) is 0 Å². The third kappa shape index (κ3) is 2.30. The van der Waals surface area contributed by atoms with Crippen LogP contribution in [0, 0.1) is 0 Å². The Bertz CT molecular complexity index is 942. The van der Waals surface area contributed by atoms with Crippen molar-refractivity contribution in [2.75, 3.05) is 6.54 Å². The lowest BCUT2D eigenvalue weighted by atomic mass is 9.74. The SMILES string of the molecule is O=C(c1c[nH]c2ccccc12)N1CCC[C@@H]2c3ccccc3CC[C@@H]21. The number of para-hydroxylation sites is 1. The molecule has 25 heavy (non-hydrogen) atoms. The first-order valence-corrected chi connectivity index (χ1v) is 9.28. The number of amides is 1. The van der Waals surface area contributed by atoms with E-state index in [2.05, 4.69) is 34.1 Å². The van der Waals surface area contributed by atoms with Crippen molar-refractivity contribution in [1.82, 2.24) is 9.88 Å². The summed E-state index contributed by atoms with van der Waals surface area (Å²) >= 11 is 0. The summed E-state index contributed by atoms with van der Waals surface area (Å²) in [5, 5.41) is 1.03. The molecule has 0 bridgehead atoms. The lowest BCUT2D eigenvalue weighted by Gasteiger charge is -2.45. The molecule has 1 amide bonds. The van der Waals surface area contributed by atoms with E-state index >= 15 is 0 Å². The van der Waals surface area contributed by atoms with E-state index in [9.17, 15) is 4.79 Å². The molecule has 1 aliphatic carbocycles. The van der Waals surface area contributed by atoms with Crippen molar-refractivity contribution in [2.45, 2.75) is 37.6 Å². The molecule has 2 aromatic carbocycles. The van der Waals surface area contributed by atoms with Crippen molar-refractivity contribution >= 4 is 16.8 Å². The van der Waals surface area contributed by atoms with E-state index in [1.165, 1.54) is 17.5 Å². The number of aromatic nitrogens is 1. The smallest absolute Gasteiger partial charge is 0.256 e. The molecule has 0 spiro atoms. The van der Waals surface area contributed by atoms with Gasteiger partial charge in [0.15, 0.2) is 0 Å². The number of likely N-dealkylation sites (tertiary alicyclic amines) is 1. The van der Waals surface area contributed by atoms with Crippen molar-refractivity contribution in [3.05, 3.63) is 71.4 Å². The van der Waals surface area contributed by atoms with E-state index in [1.807, 2.05) is 30.5 Å². The molecule has 1 aliphatic heterocycles. The van der Waals surface area contributed by atoms with Crippen LogP contribution in [0.1, 0.15) is 46.7 Å². The van der Waals surface area contributed by atoms with E-state index in [1.54, 1.807) is 0 Å². The third-order valence-corrected chi connectivity index (χ3v) is 6.02. The summed E-state index contributed by atoms with van der Waals surface area (Å²) in [6.45, 7) is 0.877. The Kier molecular flexibility index (Phi) is 3.40. The van der Waals surface area contributed by atoms with Gasteiger partial charge in [-0.3, -0.25) is 4.79 Å². The lowest BCUT2D eigenvalue weighted by Crippen LogP contribution is -2.49. The maximum atomic E-state index is 13.3. The van der Waals surface area contributed by atoms with Gasteiger partial charge in [0.25, 0.3) is 5.91 Å². The van der Waals surface area contributed by atoms with Crippen LogP contribution in [-0.2, 0) is 6.42 Å². The summed E-state index contributed by atoms with van der Waals surface area (Å²) in [5.74, 6) is 0.680. The van der Waals surface area contributed by atoms with Crippen LogP contribution in [0.4, 0.5) is 0 Å². The molecule has 2 aliphatic rings. The molecule has 0 radical (unpaired) electrons. The maximum absolute atomic E-state index is 13.3.